The Morgan fingerprint density at radius 3 is 2.28 bits per heavy atom. The van der Waals surface area contributed by atoms with Crippen LogP contribution < -0.4 is 5.32 Å². The van der Waals surface area contributed by atoms with Crippen molar-refractivity contribution in [3.05, 3.63) is 69.7 Å². The topological polar surface area (TPSA) is 41.5 Å². The molecule has 0 aromatic heterocycles. The lowest BCUT2D eigenvalue weighted by Crippen LogP contribution is -2.43. The molecule has 0 radical (unpaired) electrons. The number of benzene rings is 2. The van der Waals surface area contributed by atoms with E-state index in [1.807, 2.05) is 24.3 Å². The predicted molar refractivity (Wildman–Crippen MR) is 126 cm³/mol. The van der Waals surface area contributed by atoms with Gasteiger partial charge < -0.3 is 14.8 Å². The van der Waals surface area contributed by atoms with Crippen LogP contribution >= 0.6 is 23.2 Å². The maximum absolute atomic E-state index is 11.1. The van der Waals surface area contributed by atoms with Crippen LogP contribution in [0.5, 0.6) is 0 Å². The molecule has 2 aromatic rings. The van der Waals surface area contributed by atoms with Gasteiger partial charge in [-0.1, -0.05) is 80.4 Å². The molecule has 2 atom stereocenters. The second-order valence-corrected chi connectivity index (χ2v) is 14.7. The molecule has 3 nitrogen and oxygen atoms in total. The third-order valence-electron chi connectivity index (χ3n) is 5.77. The average Bonchev–Trinajstić information content (AvgIpc) is 2.66. The van der Waals surface area contributed by atoms with Crippen LogP contribution in [0.4, 0.5) is 0 Å². The average molecular weight is 455 g/mol. The number of aliphatic hydroxyl groups excluding tert-OH is 1. The zero-order chi connectivity index (χ0) is 21.7. The molecule has 0 bridgehead atoms. The number of hydrogen-bond acceptors (Lipinski definition) is 3. The third-order valence-corrected chi connectivity index (χ3v) is 11.0. The first-order valence-electron chi connectivity index (χ1n) is 10.0. The Bertz CT molecular complexity index is 778. The van der Waals surface area contributed by atoms with Crippen LogP contribution in [0.25, 0.3) is 0 Å². The molecule has 2 rings (SSSR count). The lowest BCUT2D eigenvalue weighted by Gasteiger charge is -2.38. The standard InChI is InChI=1S/C23H33Cl2NO2Si/c1-23(2,3)29(4,5)28-16-19(15-26-14-17-9-7-6-8-10-17)22(27)18-11-12-20(24)21(25)13-18/h6-13,19,22,26-27H,14-16H2,1-5H3. The second-order valence-electron chi connectivity index (χ2n) is 9.07. The summed E-state index contributed by atoms with van der Waals surface area (Å²) in [5.41, 5.74) is 1.96. The van der Waals surface area contributed by atoms with Gasteiger partial charge in [-0.15, -0.1) is 0 Å². The van der Waals surface area contributed by atoms with Crippen LogP contribution in [-0.2, 0) is 11.0 Å². The van der Waals surface area contributed by atoms with E-state index in [0.29, 0.717) is 23.2 Å². The molecular formula is C23H33Cl2NO2Si. The minimum atomic E-state index is -1.92. The highest BCUT2D eigenvalue weighted by Gasteiger charge is 2.38. The molecule has 0 aliphatic rings. The van der Waals surface area contributed by atoms with Crippen molar-refractivity contribution >= 4 is 31.5 Å². The van der Waals surface area contributed by atoms with E-state index in [4.69, 9.17) is 27.6 Å². The van der Waals surface area contributed by atoms with Crippen molar-refractivity contribution in [2.24, 2.45) is 5.92 Å². The lowest BCUT2D eigenvalue weighted by atomic mass is 9.96. The van der Waals surface area contributed by atoms with E-state index >= 15 is 0 Å². The fourth-order valence-corrected chi connectivity index (χ4v) is 4.13. The monoisotopic (exact) mass is 453 g/mol. The molecule has 2 unspecified atom stereocenters. The SMILES string of the molecule is CC(C)(C)[Si](C)(C)OCC(CNCc1ccccc1)C(O)c1ccc(Cl)c(Cl)c1. The summed E-state index contributed by atoms with van der Waals surface area (Å²) in [5, 5.41) is 15.6. The van der Waals surface area contributed by atoms with Gasteiger partial charge in [0.15, 0.2) is 8.32 Å². The summed E-state index contributed by atoms with van der Waals surface area (Å²) >= 11 is 12.2. The first kappa shape index (κ1) is 24.4. The molecule has 0 aliphatic carbocycles. The largest absolute Gasteiger partial charge is 0.416 e. The molecule has 6 heteroatoms. The summed E-state index contributed by atoms with van der Waals surface area (Å²) in [6.07, 6.45) is -0.696. The molecule has 0 amide bonds. The Morgan fingerprint density at radius 2 is 1.69 bits per heavy atom. The Labute approximate surface area is 186 Å². The van der Waals surface area contributed by atoms with Crippen LogP contribution in [0.3, 0.4) is 0 Å². The van der Waals surface area contributed by atoms with Crippen LogP contribution in [-0.4, -0.2) is 26.6 Å². The van der Waals surface area contributed by atoms with Crippen LogP contribution in [0.2, 0.25) is 28.2 Å². The van der Waals surface area contributed by atoms with Crippen molar-refractivity contribution < 1.29 is 9.53 Å². The summed E-state index contributed by atoms with van der Waals surface area (Å²) in [6, 6.07) is 15.5. The molecular weight excluding hydrogens is 421 g/mol. The Hall–Kier alpha value is -0.883. The number of nitrogens with one attached hydrogen (secondary N) is 1. The molecule has 2 aromatic carbocycles. The van der Waals surface area contributed by atoms with Crippen molar-refractivity contribution in [3.8, 4) is 0 Å². The van der Waals surface area contributed by atoms with Crippen LogP contribution in [0, 0.1) is 5.92 Å². The summed E-state index contributed by atoms with van der Waals surface area (Å²) < 4.78 is 6.44. The second kappa shape index (κ2) is 10.4. The van der Waals surface area contributed by atoms with E-state index < -0.39 is 14.4 Å². The van der Waals surface area contributed by atoms with Crippen molar-refractivity contribution in [3.63, 3.8) is 0 Å². The van der Waals surface area contributed by atoms with Gasteiger partial charge in [-0.05, 0) is 41.4 Å². The summed E-state index contributed by atoms with van der Waals surface area (Å²) in [5.74, 6) is -0.106. The van der Waals surface area contributed by atoms with Gasteiger partial charge in [-0.2, -0.15) is 0 Å². The Morgan fingerprint density at radius 1 is 1.03 bits per heavy atom. The first-order chi connectivity index (χ1) is 13.5. The molecule has 0 aliphatic heterocycles. The van der Waals surface area contributed by atoms with Crippen LogP contribution in [0.15, 0.2) is 48.5 Å². The highest BCUT2D eigenvalue weighted by atomic mass is 35.5. The highest BCUT2D eigenvalue weighted by molar-refractivity contribution is 6.74. The van der Waals surface area contributed by atoms with Crippen molar-refractivity contribution in [1.29, 1.82) is 0 Å². The number of aliphatic hydroxyl groups is 1. The van der Waals surface area contributed by atoms with E-state index in [1.165, 1.54) is 5.56 Å². The zero-order valence-corrected chi connectivity index (χ0v) is 20.5. The van der Waals surface area contributed by atoms with Crippen molar-refractivity contribution in [2.75, 3.05) is 13.2 Å². The predicted octanol–water partition coefficient (Wildman–Crippen LogP) is 6.45. The van der Waals surface area contributed by atoms with E-state index in [1.54, 1.807) is 12.1 Å². The van der Waals surface area contributed by atoms with Crippen LogP contribution in [0.1, 0.15) is 38.0 Å². The van der Waals surface area contributed by atoms with E-state index in [0.717, 1.165) is 12.1 Å². The van der Waals surface area contributed by atoms with E-state index in [-0.39, 0.29) is 11.0 Å². The molecule has 0 spiro atoms. The smallest absolute Gasteiger partial charge is 0.191 e. The zero-order valence-electron chi connectivity index (χ0n) is 18.0. The first-order valence-corrected chi connectivity index (χ1v) is 13.7. The fourth-order valence-electron chi connectivity index (χ4n) is 2.76. The molecule has 0 saturated heterocycles. The van der Waals surface area contributed by atoms with Gasteiger partial charge in [0, 0.05) is 25.6 Å². The molecule has 0 heterocycles. The lowest BCUT2D eigenvalue weighted by molar-refractivity contribution is 0.0695. The van der Waals surface area contributed by atoms with Crippen molar-refractivity contribution in [2.45, 2.75) is 51.6 Å². The maximum Gasteiger partial charge on any atom is 0.191 e. The summed E-state index contributed by atoms with van der Waals surface area (Å²) in [4.78, 5) is 0. The minimum absolute atomic E-state index is 0.106. The number of rotatable bonds is 9. The summed E-state index contributed by atoms with van der Waals surface area (Å²) in [6.45, 7) is 13.0. The third kappa shape index (κ3) is 7.09. The Kier molecular flexibility index (Phi) is 8.77. The quantitative estimate of drug-likeness (QED) is 0.428. The van der Waals surface area contributed by atoms with Gasteiger partial charge in [-0.25, -0.2) is 0 Å². The van der Waals surface area contributed by atoms with Gasteiger partial charge in [0.05, 0.1) is 16.1 Å². The van der Waals surface area contributed by atoms with Gasteiger partial charge in [0.25, 0.3) is 0 Å². The fraction of sp³-hybridized carbons (Fsp3) is 0.478. The Balaban J connectivity index is 2.11. The normalized spacial score (nSPS) is 14.6. The molecule has 0 saturated carbocycles. The van der Waals surface area contributed by atoms with Gasteiger partial charge in [-0.3, -0.25) is 0 Å². The summed E-state index contributed by atoms with van der Waals surface area (Å²) in [7, 11) is -1.92. The molecule has 160 valence electrons. The number of halogens is 2. The molecule has 0 fully saturated rings. The highest BCUT2D eigenvalue weighted by Crippen LogP contribution is 2.37. The maximum atomic E-state index is 11.1. The van der Waals surface area contributed by atoms with Gasteiger partial charge >= 0.3 is 0 Å². The number of hydrogen-bond donors (Lipinski definition) is 2. The van der Waals surface area contributed by atoms with Gasteiger partial charge in [0.1, 0.15) is 0 Å². The molecule has 2 N–H and O–H groups in total. The minimum Gasteiger partial charge on any atom is -0.416 e. The van der Waals surface area contributed by atoms with Gasteiger partial charge in [0.2, 0.25) is 0 Å². The van der Waals surface area contributed by atoms with E-state index in [9.17, 15) is 5.11 Å². The van der Waals surface area contributed by atoms with Crippen molar-refractivity contribution in [1.82, 2.24) is 5.32 Å². The molecule has 29 heavy (non-hydrogen) atoms. The van der Waals surface area contributed by atoms with E-state index in [2.05, 4.69) is 51.3 Å².